The van der Waals surface area contributed by atoms with Crippen molar-refractivity contribution in [2.45, 2.75) is 13.0 Å². The standard InChI is InChI=1S/C12H13NO3/c1-8(2)11(14)13-10(12(15)16)9-6-4-3-5-7-9/h3-7,10H,1H2,2H3,(H,13,14)(H,15,16)/t10-/m0/s1. The van der Waals surface area contributed by atoms with Crippen LogP contribution in [0.15, 0.2) is 42.5 Å². The molecule has 0 radical (unpaired) electrons. The Labute approximate surface area is 93.6 Å². The van der Waals surface area contributed by atoms with E-state index in [1.165, 1.54) is 6.92 Å². The van der Waals surface area contributed by atoms with Gasteiger partial charge in [-0.1, -0.05) is 36.9 Å². The molecule has 1 amide bonds. The number of nitrogens with one attached hydrogen (secondary N) is 1. The van der Waals surface area contributed by atoms with Crippen molar-refractivity contribution in [3.63, 3.8) is 0 Å². The van der Waals surface area contributed by atoms with Crippen molar-refractivity contribution in [2.24, 2.45) is 0 Å². The van der Waals surface area contributed by atoms with Crippen molar-refractivity contribution in [1.29, 1.82) is 0 Å². The molecule has 4 heteroatoms. The molecule has 0 bridgehead atoms. The molecule has 0 saturated heterocycles. The Morgan fingerprint density at radius 1 is 1.31 bits per heavy atom. The van der Waals surface area contributed by atoms with E-state index in [-0.39, 0.29) is 5.57 Å². The average molecular weight is 219 g/mol. The molecule has 4 nitrogen and oxygen atoms in total. The van der Waals surface area contributed by atoms with E-state index in [0.717, 1.165) is 0 Å². The highest BCUT2D eigenvalue weighted by molar-refractivity contribution is 5.95. The quantitative estimate of drug-likeness (QED) is 0.754. The second-order valence-electron chi connectivity index (χ2n) is 3.44. The molecule has 1 rings (SSSR count). The first-order valence-corrected chi connectivity index (χ1v) is 4.76. The summed E-state index contributed by atoms with van der Waals surface area (Å²) < 4.78 is 0. The predicted molar refractivity (Wildman–Crippen MR) is 59.8 cm³/mol. The molecule has 0 saturated carbocycles. The first kappa shape index (κ1) is 12.0. The number of aliphatic carboxylic acids is 1. The minimum atomic E-state index is -1.10. The van der Waals surface area contributed by atoms with Crippen LogP contribution in [0.4, 0.5) is 0 Å². The normalized spacial score (nSPS) is 11.6. The van der Waals surface area contributed by atoms with Gasteiger partial charge in [-0.15, -0.1) is 0 Å². The Balaban J connectivity index is 2.89. The third-order valence-electron chi connectivity index (χ3n) is 2.04. The monoisotopic (exact) mass is 219 g/mol. The summed E-state index contributed by atoms with van der Waals surface area (Å²) >= 11 is 0. The van der Waals surface area contributed by atoms with Gasteiger partial charge in [-0.05, 0) is 12.5 Å². The van der Waals surface area contributed by atoms with Gasteiger partial charge < -0.3 is 10.4 Å². The van der Waals surface area contributed by atoms with Crippen molar-refractivity contribution in [2.75, 3.05) is 0 Å². The number of rotatable bonds is 4. The van der Waals surface area contributed by atoms with E-state index in [2.05, 4.69) is 11.9 Å². The van der Waals surface area contributed by atoms with E-state index >= 15 is 0 Å². The van der Waals surface area contributed by atoms with E-state index in [1.807, 2.05) is 0 Å². The molecule has 0 heterocycles. The fourth-order valence-electron chi connectivity index (χ4n) is 1.19. The molecule has 0 fully saturated rings. The van der Waals surface area contributed by atoms with Gasteiger partial charge in [0.2, 0.25) is 5.91 Å². The van der Waals surface area contributed by atoms with Crippen LogP contribution in [0.25, 0.3) is 0 Å². The highest BCUT2D eigenvalue weighted by Gasteiger charge is 2.21. The summed E-state index contributed by atoms with van der Waals surface area (Å²) in [5, 5.41) is 11.4. The Morgan fingerprint density at radius 3 is 2.31 bits per heavy atom. The van der Waals surface area contributed by atoms with Crippen LogP contribution in [0.5, 0.6) is 0 Å². The number of amides is 1. The molecule has 1 atom stereocenters. The van der Waals surface area contributed by atoms with E-state index in [1.54, 1.807) is 30.3 Å². The van der Waals surface area contributed by atoms with Crippen molar-refractivity contribution >= 4 is 11.9 Å². The van der Waals surface area contributed by atoms with Crippen LogP contribution < -0.4 is 5.32 Å². The van der Waals surface area contributed by atoms with Gasteiger partial charge in [0.05, 0.1) is 0 Å². The van der Waals surface area contributed by atoms with Crippen LogP contribution >= 0.6 is 0 Å². The lowest BCUT2D eigenvalue weighted by Gasteiger charge is -2.14. The van der Waals surface area contributed by atoms with Crippen LogP contribution in [0, 0.1) is 0 Å². The topological polar surface area (TPSA) is 66.4 Å². The van der Waals surface area contributed by atoms with E-state index < -0.39 is 17.9 Å². The molecule has 1 aromatic carbocycles. The van der Waals surface area contributed by atoms with Gasteiger partial charge in [0.1, 0.15) is 0 Å². The zero-order valence-corrected chi connectivity index (χ0v) is 8.93. The highest BCUT2D eigenvalue weighted by Crippen LogP contribution is 2.13. The summed E-state index contributed by atoms with van der Waals surface area (Å²) in [7, 11) is 0. The van der Waals surface area contributed by atoms with Gasteiger partial charge in [-0.25, -0.2) is 4.79 Å². The lowest BCUT2D eigenvalue weighted by molar-refractivity contribution is -0.141. The minimum Gasteiger partial charge on any atom is -0.479 e. The number of carbonyl (C=O) groups excluding carboxylic acids is 1. The average Bonchev–Trinajstić information content (AvgIpc) is 2.26. The first-order chi connectivity index (χ1) is 7.52. The van der Waals surface area contributed by atoms with Crippen LogP contribution in [0.3, 0.4) is 0 Å². The van der Waals surface area contributed by atoms with Crippen molar-refractivity contribution in [3.8, 4) is 0 Å². The number of carbonyl (C=O) groups is 2. The zero-order chi connectivity index (χ0) is 12.1. The van der Waals surface area contributed by atoms with E-state index in [4.69, 9.17) is 5.11 Å². The number of benzene rings is 1. The molecule has 16 heavy (non-hydrogen) atoms. The summed E-state index contributed by atoms with van der Waals surface area (Å²) in [5.41, 5.74) is 0.812. The smallest absolute Gasteiger partial charge is 0.330 e. The summed E-state index contributed by atoms with van der Waals surface area (Å²) in [5.74, 6) is -1.56. The van der Waals surface area contributed by atoms with Gasteiger partial charge in [0.15, 0.2) is 6.04 Å². The maximum atomic E-state index is 11.4. The van der Waals surface area contributed by atoms with Crippen LogP contribution in [0.1, 0.15) is 18.5 Å². The van der Waals surface area contributed by atoms with Gasteiger partial charge in [0.25, 0.3) is 0 Å². The molecule has 2 N–H and O–H groups in total. The van der Waals surface area contributed by atoms with Crippen LogP contribution in [-0.4, -0.2) is 17.0 Å². The maximum absolute atomic E-state index is 11.4. The summed E-state index contributed by atoms with van der Waals surface area (Å²) in [4.78, 5) is 22.4. The highest BCUT2D eigenvalue weighted by atomic mass is 16.4. The zero-order valence-electron chi connectivity index (χ0n) is 8.93. The molecule has 0 spiro atoms. The Kier molecular flexibility index (Phi) is 3.83. The van der Waals surface area contributed by atoms with Gasteiger partial charge in [-0.2, -0.15) is 0 Å². The van der Waals surface area contributed by atoms with Crippen molar-refractivity contribution in [1.82, 2.24) is 5.32 Å². The molecular formula is C12H13NO3. The number of hydrogen-bond acceptors (Lipinski definition) is 2. The van der Waals surface area contributed by atoms with E-state index in [9.17, 15) is 9.59 Å². The molecule has 1 aromatic rings. The molecule has 84 valence electrons. The summed E-state index contributed by atoms with van der Waals surface area (Å²) in [6.45, 7) is 4.98. The predicted octanol–water partition coefficient (Wildman–Crippen LogP) is 1.50. The Morgan fingerprint density at radius 2 is 1.88 bits per heavy atom. The molecule has 0 unspecified atom stereocenters. The number of hydrogen-bond donors (Lipinski definition) is 2. The fourth-order valence-corrected chi connectivity index (χ4v) is 1.19. The molecular weight excluding hydrogens is 206 g/mol. The third-order valence-corrected chi connectivity index (χ3v) is 2.04. The van der Waals surface area contributed by atoms with Gasteiger partial charge >= 0.3 is 5.97 Å². The summed E-state index contributed by atoms with van der Waals surface area (Å²) in [6, 6.07) is 7.49. The first-order valence-electron chi connectivity index (χ1n) is 4.76. The molecule has 0 aliphatic heterocycles. The Bertz CT molecular complexity index is 412. The van der Waals surface area contributed by atoms with Gasteiger partial charge in [-0.3, -0.25) is 4.79 Å². The number of carboxylic acid groups (broad SMARTS) is 1. The van der Waals surface area contributed by atoms with Crippen LogP contribution in [-0.2, 0) is 9.59 Å². The molecule has 0 aromatic heterocycles. The van der Waals surface area contributed by atoms with Crippen molar-refractivity contribution < 1.29 is 14.7 Å². The minimum absolute atomic E-state index is 0.280. The third kappa shape index (κ3) is 2.95. The lowest BCUT2D eigenvalue weighted by atomic mass is 10.1. The molecule has 0 aliphatic carbocycles. The number of carboxylic acids is 1. The second-order valence-corrected chi connectivity index (χ2v) is 3.44. The molecule has 0 aliphatic rings. The Hall–Kier alpha value is -2.10. The SMILES string of the molecule is C=C(C)C(=O)N[C@H](C(=O)O)c1ccccc1. The fraction of sp³-hybridized carbons (Fsp3) is 0.167. The largest absolute Gasteiger partial charge is 0.479 e. The maximum Gasteiger partial charge on any atom is 0.330 e. The van der Waals surface area contributed by atoms with Crippen molar-refractivity contribution in [3.05, 3.63) is 48.0 Å². The van der Waals surface area contributed by atoms with Crippen LogP contribution in [0.2, 0.25) is 0 Å². The van der Waals surface area contributed by atoms with Gasteiger partial charge in [0, 0.05) is 5.57 Å². The second kappa shape index (κ2) is 5.11. The lowest BCUT2D eigenvalue weighted by Crippen LogP contribution is -2.33. The van der Waals surface area contributed by atoms with E-state index in [0.29, 0.717) is 5.56 Å². The summed E-state index contributed by atoms with van der Waals surface area (Å²) in [6.07, 6.45) is 0.